The van der Waals surface area contributed by atoms with E-state index in [1.807, 2.05) is 0 Å². The maximum Gasteiger partial charge on any atom is 0.354 e. The lowest BCUT2D eigenvalue weighted by atomic mass is 10.2. The van der Waals surface area contributed by atoms with Gasteiger partial charge in [0.15, 0.2) is 0 Å². The monoisotopic (exact) mass is 179 g/mol. The van der Waals surface area contributed by atoms with Crippen LogP contribution in [0.2, 0.25) is 0 Å². The van der Waals surface area contributed by atoms with Gasteiger partial charge in [0, 0.05) is 5.56 Å². The van der Waals surface area contributed by atoms with Crippen molar-refractivity contribution in [2.75, 3.05) is 7.11 Å². The third kappa shape index (κ3) is 1.84. The van der Waals surface area contributed by atoms with Crippen LogP contribution in [0.4, 0.5) is 0 Å². The zero-order valence-corrected chi connectivity index (χ0v) is 7.15. The maximum atomic E-state index is 10.5. The van der Waals surface area contributed by atoms with E-state index in [-0.39, 0.29) is 5.69 Å². The summed E-state index contributed by atoms with van der Waals surface area (Å²) in [5, 5.41) is 8.63. The Labute approximate surface area is 75.5 Å². The van der Waals surface area contributed by atoms with E-state index in [1.54, 1.807) is 0 Å². The molecule has 0 aliphatic rings. The smallest absolute Gasteiger partial charge is 0.354 e. The quantitative estimate of drug-likeness (QED) is 0.762. The van der Waals surface area contributed by atoms with Crippen molar-refractivity contribution in [3.05, 3.63) is 30.1 Å². The van der Waals surface area contributed by atoms with Crippen molar-refractivity contribution in [3.8, 4) is 5.75 Å². The molecule has 0 aromatic carbocycles. The number of carbonyl (C=O) groups is 1. The Balaban J connectivity index is 3.20. The van der Waals surface area contributed by atoms with E-state index in [0.717, 1.165) is 0 Å². The van der Waals surface area contributed by atoms with E-state index < -0.39 is 5.97 Å². The van der Waals surface area contributed by atoms with Crippen LogP contribution in [-0.2, 0) is 0 Å². The first-order valence-corrected chi connectivity index (χ1v) is 3.58. The SMILES string of the molecule is C=Cc1cc(C(=O)O)ncc1OC. The van der Waals surface area contributed by atoms with Crippen LogP contribution >= 0.6 is 0 Å². The van der Waals surface area contributed by atoms with Gasteiger partial charge in [-0.1, -0.05) is 12.7 Å². The largest absolute Gasteiger partial charge is 0.495 e. The number of aromatic carboxylic acids is 1. The highest BCUT2D eigenvalue weighted by Crippen LogP contribution is 2.18. The Morgan fingerprint density at radius 2 is 2.46 bits per heavy atom. The molecule has 1 heterocycles. The van der Waals surface area contributed by atoms with Crippen molar-refractivity contribution in [2.45, 2.75) is 0 Å². The second-order valence-corrected chi connectivity index (χ2v) is 2.32. The molecule has 1 aromatic heterocycles. The van der Waals surface area contributed by atoms with E-state index in [0.29, 0.717) is 11.3 Å². The molecule has 0 amide bonds. The molecule has 4 heteroatoms. The van der Waals surface area contributed by atoms with Gasteiger partial charge in [-0.15, -0.1) is 0 Å². The molecule has 0 spiro atoms. The van der Waals surface area contributed by atoms with Gasteiger partial charge in [0.1, 0.15) is 11.4 Å². The van der Waals surface area contributed by atoms with Gasteiger partial charge in [-0.3, -0.25) is 0 Å². The normalized spacial score (nSPS) is 9.31. The second kappa shape index (κ2) is 3.71. The topological polar surface area (TPSA) is 59.4 Å². The molecule has 0 saturated carbocycles. The molecule has 4 nitrogen and oxygen atoms in total. The maximum absolute atomic E-state index is 10.5. The van der Waals surface area contributed by atoms with Crippen molar-refractivity contribution >= 4 is 12.0 Å². The summed E-state index contributed by atoms with van der Waals surface area (Å²) in [5.41, 5.74) is 0.602. The zero-order chi connectivity index (χ0) is 9.84. The number of carboxylic acids is 1. The number of methoxy groups -OCH3 is 1. The summed E-state index contributed by atoms with van der Waals surface area (Å²) >= 11 is 0. The van der Waals surface area contributed by atoms with E-state index in [4.69, 9.17) is 9.84 Å². The molecule has 0 fully saturated rings. The van der Waals surface area contributed by atoms with Crippen LogP contribution in [0.15, 0.2) is 18.8 Å². The Morgan fingerprint density at radius 3 is 2.92 bits per heavy atom. The molecule has 0 aliphatic heterocycles. The summed E-state index contributed by atoms with van der Waals surface area (Å²) in [4.78, 5) is 14.2. The van der Waals surface area contributed by atoms with Gasteiger partial charge in [0.25, 0.3) is 0 Å². The minimum atomic E-state index is -1.06. The molecule has 0 bridgehead atoms. The van der Waals surface area contributed by atoms with E-state index in [1.165, 1.54) is 25.4 Å². The average Bonchev–Trinajstić information content (AvgIpc) is 2.16. The molecule has 1 N–H and O–H groups in total. The van der Waals surface area contributed by atoms with Crippen LogP contribution in [0.5, 0.6) is 5.75 Å². The van der Waals surface area contributed by atoms with Crippen molar-refractivity contribution < 1.29 is 14.6 Å². The van der Waals surface area contributed by atoms with Crippen molar-refractivity contribution in [1.29, 1.82) is 0 Å². The molecule has 1 aromatic rings. The highest BCUT2D eigenvalue weighted by molar-refractivity contribution is 5.86. The van der Waals surface area contributed by atoms with Gasteiger partial charge in [0.05, 0.1) is 13.3 Å². The average molecular weight is 179 g/mol. The number of nitrogens with zero attached hydrogens (tertiary/aromatic N) is 1. The van der Waals surface area contributed by atoms with Crippen LogP contribution in [0, 0.1) is 0 Å². The minimum absolute atomic E-state index is 0.0179. The van der Waals surface area contributed by atoms with Crippen LogP contribution < -0.4 is 4.74 Å². The molecule has 13 heavy (non-hydrogen) atoms. The Bertz CT molecular complexity index is 347. The standard InChI is InChI=1S/C9H9NO3/c1-3-6-4-7(9(11)12)10-5-8(6)13-2/h3-5H,1H2,2H3,(H,11,12). The summed E-state index contributed by atoms with van der Waals surface area (Å²) in [6, 6.07) is 1.41. The molecule has 0 atom stereocenters. The predicted octanol–water partition coefficient (Wildman–Crippen LogP) is 1.43. The fourth-order valence-corrected chi connectivity index (χ4v) is 0.905. The van der Waals surface area contributed by atoms with Crippen molar-refractivity contribution in [1.82, 2.24) is 4.98 Å². The van der Waals surface area contributed by atoms with Gasteiger partial charge >= 0.3 is 5.97 Å². The number of rotatable bonds is 3. The summed E-state index contributed by atoms with van der Waals surface area (Å²) in [5.74, 6) is -0.550. The molecule has 68 valence electrons. The van der Waals surface area contributed by atoms with Gasteiger partial charge in [-0.2, -0.15) is 0 Å². The molecule has 1 rings (SSSR count). The number of ether oxygens (including phenoxy) is 1. The van der Waals surface area contributed by atoms with E-state index in [2.05, 4.69) is 11.6 Å². The molecule has 0 radical (unpaired) electrons. The summed E-state index contributed by atoms with van der Waals surface area (Å²) in [6.07, 6.45) is 2.88. The Kier molecular flexibility index (Phi) is 2.64. The van der Waals surface area contributed by atoms with Gasteiger partial charge in [-0.05, 0) is 6.07 Å². The molecular weight excluding hydrogens is 170 g/mol. The fraction of sp³-hybridized carbons (Fsp3) is 0.111. The first kappa shape index (κ1) is 9.25. The fourth-order valence-electron chi connectivity index (χ4n) is 0.905. The summed E-state index contributed by atoms with van der Waals surface area (Å²) in [7, 11) is 1.49. The first-order chi connectivity index (χ1) is 6.19. The third-order valence-corrected chi connectivity index (χ3v) is 1.56. The lowest BCUT2D eigenvalue weighted by Gasteiger charge is -2.03. The molecular formula is C9H9NO3. The Morgan fingerprint density at radius 1 is 1.77 bits per heavy atom. The minimum Gasteiger partial charge on any atom is -0.495 e. The summed E-state index contributed by atoms with van der Waals surface area (Å²) < 4.78 is 4.94. The number of hydrogen-bond donors (Lipinski definition) is 1. The van der Waals surface area contributed by atoms with E-state index >= 15 is 0 Å². The number of aromatic nitrogens is 1. The first-order valence-electron chi connectivity index (χ1n) is 3.58. The zero-order valence-electron chi connectivity index (χ0n) is 7.15. The van der Waals surface area contributed by atoms with Crippen LogP contribution in [0.1, 0.15) is 16.1 Å². The highest BCUT2D eigenvalue weighted by Gasteiger charge is 2.07. The van der Waals surface area contributed by atoms with Gasteiger partial charge < -0.3 is 9.84 Å². The van der Waals surface area contributed by atoms with Crippen LogP contribution in [0.3, 0.4) is 0 Å². The molecule has 0 saturated heterocycles. The van der Waals surface area contributed by atoms with Crippen LogP contribution in [0.25, 0.3) is 6.08 Å². The van der Waals surface area contributed by atoms with Gasteiger partial charge in [0.2, 0.25) is 0 Å². The summed E-state index contributed by atoms with van der Waals surface area (Å²) in [6.45, 7) is 3.54. The van der Waals surface area contributed by atoms with E-state index in [9.17, 15) is 4.79 Å². The van der Waals surface area contributed by atoms with Crippen molar-refractivity contribution in [2.24, 2.45) is 0 Å². The lowest BCUT2D eigenvalue weighted by Crippen LogP contribution is -2.01. The number of hydrogen-bond acceptors (Lipinski definition) is 3. The number of pyridine rings is 1. The number of carboxylic acid groups (broad SMARTS) is 1. The van der Waals surface area contributed by atoms with Gasteiger partial charge in [-0.25, -0.2) is 9.78 Å². The van der Waals surface area contributed by atoms with Crippen LogP contribution in [-0.4, -0.2) is 23.2 Å². The molecule has 0 unspecified atom stereocenters. The second-order valence-electron chi connectivity index (χ2n) is 2.32. The molecule has 0 aliphatic carbocycles. The predicted molar refractivity (Wildman–Crippen MR) is 47.8 cm³/mol. The highest BCUT2D eigenvalue weighted by atomic mass is 16.5. The Hall–Kier alpha value is -1.84. The lowest BCUT2D eigenvalue weighted by molar-refractivity contribution is 0.0690. The third-order valence-electron chi connectivity index (χ3n) is 1.56. The van der Waals surface area contributed by atoms with Crippen molar-refractivity contribution in [3.63, 3.8) is 0 Å².